The minimum Gasteiger partial charge on any atom is -0.379 e. The third-order valence-corrected chi connectivity index (χ3v) is 3.19. The molecule has 1 unspecified atom stereocenters. The molecule has 5 heteroatoms. The highest BCUT2D eigenvalue weighted by molar-refractivity contribution is 7.80. The van der Waals surface area contributed by atoms with Crippen LogP contribution < -0.4 is 5.32 Å². The zero-order chi connectivity index (χ0) is 12.5. The van der Waals surface area contributed by atoms with Crippen molar-refractivity contribution in [1.82, 2.24) is 5.32 Å². The standard InChI is InChI=1S/C12H14FNO2S/c1-12(4-5-16-7-12)14-11(15)8-2-3-9(13)10(17)6-8/h2-3,6,17H,4-5,7H2,1H3,(H,14,15). The molecule has 17 heavy (non-hydrogen) atoms. The van der Waals surface area contributed by atoms with E-state index in [-0.39, 0.29) is 16.3 Å². The second kappa shape index (κ2) is 4.66. The Morgan fingerprint density at radius 2 is 2.35 bits per heavy atom. The van der Waals surface area contributed by atoms with Gasteiger partial charge in [0.05, 0.1) is 12.1 Å². The lowest BCUT2D eigenvalue weighted by Crippen LogP contribution is -2.46. The summed E-state index contributed by atoms with van der Waals surface area (Å²) in [5.74, 6) is -0.659. The summed E-state index contributed by atoms with van der Waals surface area (Å²) in [5, 5.41) is 2.90. The van der Waals surface area contributed by atoms with Crippen LogP contribution in [0.15, 0.2) is 23.1 Å². The summed E-state index contributed by atoms with van der Waals surface area (Å²) < 4.78 is 18.3. The average Bonchev–Trinajstić information content (AvgIpc) is 2.69. The second-order valence-corrected chi connectivity index (χ2v) is 4.97. The molecule has 0 radical (unpaired) electrons. The molecule has 2 rings (SSSR count). The Labute approximate surface area is 105 Å². The Bertz CT molecular complexity index is 444. The number of carbonyl (C=O) groups is 1. The lowest BCUT2D eigenvalue weighted by Gasteiger charge is -2.23. The molecule has 1 aromatic rings. The first-order valence-corrected chi connectivity index (χ1v) is 5.84. The molecular weight excluding hydrogens is 241 g/mol. The lowest BCUT2D eigenvalue weighted by atomic mass is 10.0. The maximum Gasteiger partial charge on any atom is 0.251 e. The van der Waals surface area contributed by atoms with Crippen LogP contribution in [0, 0.1) is 5.82 Å². The van der Waals surface area contributed by atoms with Crippen molar-refractivity contribution in [3.63, 3.8) is 0 Å². The van der Waals surface area contributed by atoms with Crippen LogP contribution in [0.3, 0.4) is 0 Å². The van der Waals surface area contributed by atoms with Crippen LogP contribution in [0.1, 0.15) is 23.7 Å². The van der Waals surface area contributed by atoms with Crippen LogP contribution >= 0.6 is 12.6 Å². The molecule has 1 aliphatic rings. The topological polar surface area (TPSA) is 38.3 Å². The number of benzene rings is 1. The minimum atomic E-state index is -0.430. The van der Waals surface area contributed by atoms with E-state index in [0.29, 0.717) is 18.8 Å². The van der Waals surface area contributed by atoms with Crippen molar-refractivity contribution in [2.45, 2.75) is 23.8 Å². The van der Waals surface area contributed by atoms with Crippen molar-refractivity contribution in [3.8, 4) is 0 Å². The largest absolute Gasteiger partial charge is 0.379 e. The average molecular weight is 255 g/mol. The first-order chi connectivity index (χ1) is 8.00. The fourth-order valence-corrected chi connectivity index (χ4v) is 1.98. The van der Waals surface area contributed by atoms with E-state index >= 15 is 0 Å². The van der Waals surface area contributed by atoms with Gasteiger partial charge in [0.2, 0.25) is 0 Å². The molecule has 0 spiro atoms. The van der Waals surface area contributed by atoms with E-state index < -0.39 is 5.82 Å². The molecule has 0 aromatic heterocycles. The second-order valence-electron chi connectivity index (χ2n) is 4.48. The molecule has 1 amide bonds. The number of hydrogen-bond donors (Lipinski definition) is 2. The predicted molar refractivity (Wildman–Crippen MR) is 65.0 cm³/mol. The highest BCUT2D eigenvalue weighted by Gasteiger charge is 2.31. The molecule has 1 aliphatic heterocycles. The summed E-state index contributed by atoms with van der Waals surface area (Å²) in [4.78, 5) is 12.1. The van der Waals surface area contributed by atoms with E-state index in [4.69, 9.17) is 4.74 Å². The number of rotatable bonds is 2. The smallest absolute Gasteiger partial charge is 0.251 e. The van der Waals surface area contributed by atoms with Gasteiger partial charge in [-0.3, -0.25) is 4.79 Å². The van der Waals surface area contributed by atoms with Crippen molar-refractivity contribution in [1.29, 1.82) is 0 Å². The van der Waals surface area contributed by atoms with Gasteiger partial charge in [0.1, 0.15) is 5.82 Å². The van der Waals surface area contributed by atoms with Crippen molar-refractivity contribution < 1.29 is 13.9 Å². The summed E-state index contributed by atoms with van der Waals surface area (Å²) >= 11 is 3.95. The molecule has 3 nitrogen and oxygen atoms in total. The van der Waals surface area contributed by atoms with Crippen LogP contribution in [0.25, 0.3) is 0 Å². The van der Waals surface area contributed by atoms with E-state index in [2.05, 4.69) is 17.9 Å². The lowest BCUT2D eigenvalue weighted by molar-refractivity contribution is 0.0889. The third kappa shape index (κ3) is 2.79. The number of halogens is 1. The first kappa shape index (κ1) is 12.4. The Morgan fingerprint density at radius 3 is 2.94 bits per heavy atom. The van der Waals surface area contributed by atoms with Gasteiger partial charge in [0, 0.05) is 17.1 Å². The van der Waals surface area contributed by atoms with Gasteiger partial charge in [-0.2, -0.15) is 0 Å². The first-order valence-electron chi connectivity index (χ1n) is 5.39. The molecular formula is C12H14FNO2S. The van der Waals surface area contributed by atoms with E-state index in [0.717, 1.165) is 6.42 Å². The minimum absolute atomic E-state index is 0.172. The van der Waals surface area contributed by atoms with Crippen molar-refractivity contribution in [2.24, 2.45) is 0 Å². The van der Waals surface area contributed by atoms with Gasteiger partial charge in [0.25, 0.3) is 5.91 Å². The van der Waals surface area contributed by atoms with Gasteiger partial charge in [-0.1, -0.05) is 0 Å². The van der Waals surface area contributed by atoms with Crippen LogP contribution in [0.4, 0.5) is 4.39 Å². The number of thiol groups is 1. The Balaban J connectivity index is 2.11. The molecule has 1 atom stereocenters. The fourth-order valence-electron chi connectivity index (χ4n) is 1.77. The van der Waals surface area contributed by atoms with Gasteiger partial charge in [-0.25, -0.2) is 4.39 Å². The van der Waals surface area contributed by atoms with E-state index in [1.807, 2.05) is 6.92 Å². The summed E-state index contributed by atoms with van der Waals surface area (Å²) in [6, 6.07) is 4.11. The quantitative estimate of drug-likeness (QED) is 0.794. The number of amides is 1. The van der Waals surface area contributed by atoms with Crippen LogP contribution in [0.5, 0.6) is 0 Å². The van der Waals surface area contributed by atoms with Crippen LogP contribution in [-0.2, 0) is 4.74 Å². The van der Waals surface area contributed by atoms with Crippen molar-refractivity contribution in [2.75, 3.05) is 13.2 Å². The molecule has 1 heterocycles. The summed E-state index contributed by atoms with van der Waals surface area (Å²) in [5.41, 5.74) is 0.0758. The van der Waals surface area contributed by atoms with Crippen molar-refractivity contribution in [3.05, 3.63) is 29.6 Å². The molecule has 1 saturated heterocycles. The third-order valence-electron chi connectivity index (χ3n) is 2.84. The maximum atomic E-state index is 13.0. The zero-order valence-electron chi connectivity index (χ0n) is 9.50. The molecule has 1 aromatic carbocycles. The summed E-state index contributed by atoms with van der Waals surface area (Å²) in [7, 11) is 0. The SMILES string of the molecule is CC1(NC(=O)c2ccc(F)c(S)c2)CCOC1. The zero-order valence-corrected chi connectivity index (χ0v) is 10.4. The van der Waals surface area contributed by atoms with Gasteiger partial charge in [-0.05, 0) is 31.5 Å². The Kier molecular flexibility index (Phi) is 3.40. The molecule has 0 aliphatic carbocycles. The monoisotopic (exact) mass is 255 g/mol. The van der Waals surface area contributed by atoms with Crippen LogP contribution in [-0.4, -0.2) is 24.7 Å². The number of ether oxygens (including phenoxy) is 1. The highest BCUT2D eigenvalue weighted by Crippen LogP contribution is 2.19. The van der Waals surface area contributed by atoms with Gasteiger partial charge in [-0.15, -0.1) is 12.6 Å². The van der Waals surface area contributed by atoms with Crippen LogP contribution in [0.2, 0.25) is 0 Å². The van der Waals surface area contributed by atoms with Gasteiger partial charge in [0.15, 0.2) is 0 Å². The Hall–Kier alpha value is -1.07. The highest BCUT2D eigenvalue weighted by atomic mass is 32.1. The van der Waals surface area contributed by atoms with E-state index in [1.54, 1.807) is 0 Å². The normalized spacial score (nSPS) is 23.7. The number of nitrogens with one attached hydrogen (secondary N) is 1. The van der Waals surface area contributed by atoms with Crippen molar-refractivity contribution >= 4 is 18.5 Å². The molecule has 1 fully saturated rings. The van der Waals surface area contributed by atoms with Gasteiger partial charge >= 0.3 is 0 Å². The predicted octanol–water partition coefficient (Wildman–Crippen LogP) is 2.02. The molecule has 0 bridgehead atoms. The maximum absolute atomic E-state index is 13.0. The van der Waals surface area contributed by atoms with Gasteiger partial charge < -0.3 is 10.1 Å². The molecule has 92 valence electrons. The molecule has 1 N–H and O–H groups in total. The summed E-state index contributed by atoms with van der Waals surface area (Å²) in [6.07, 6.45) is 0.785. The van der Waals surface area contributed by atoms with E-state index in [9.17, 15) is 9.18 Å². The number of hydrogen-bond acceptors (Lipinski definition) is 3. The number of carbonyl (C=O) groups excluding carboxylic acids is 1. The Morgan fingerprint density at radius 1 is 1.59 bits per heavy atom. The van der Waals surface area contributed by atoms with E-state index in [1.165, 1.54) is 18.2 Å². The summed E-state index contributed by atoms with van der Waals surface area (Å²) in [6.45, 7) is 3.09. The fraction of sp³-hybridized carbons (Fsp3) is 0.417. The molecule has 0 saturated carbocycles.